The van der Waals surface area contributed by atoms with E-state index in [0.717, 1.165) is 41.9 Å². The van der Waals surface area contributed by atoms with Crippen LogP contribution in [-0.2, 0) is 6.42 Å². The summed E-state index contributed by atoms with van der Waals surface area (Å²) in [5.74, 6) is 1.15. The second-order valence-electron chi connectivity index (χ2n) is 6.39. The Morgan fingerprint density at radius 2 is 2.14 bits per heavy atom. The molecule has 0 amide bonds. The molecule has 4 rings (SSSR count). The standard InChI is InChI=1S/C17H21N5/c1-10(2)16-15-11(18)6-5-9-14(15)22(21-16)17-19-12-7-3-4-8-13(12)20-17/h3-4,7-8,10-11H,5-6,9,18H2,1-2H3,(H,19,20). The van der Waals surface area contributed by atoms with E-state index in [4.69, 9.17) is 15.8 Å². The lowest BCUT2D eigenvalue weighted by molar-refractivity contribution is 0.552. The number of benzene rings is 1. The minimum absolute atomic E-state index is 0.0966. The zero-order chi connectivity index (χ0) is 15.3. The molecule has 0 spiro atoms. The SMILES string of the molecule is CC(C)c1nn(-c2nc3ccccc3[nH]2)c2c1C(N)CCC2. The zero-order valence-corrected chi connectivity index (χ0v) is 13.0. The van der Waals surface area contributed by atoms with Crippen molar-refractivity contribution in [2.75, 3.05) is 0 Å². The Bertz CT molecular complexity index is 794. The average Bonchev–Trinajstić information content (AvgIpc) is 3.08. The number of aromatic nitrogens is 4. The van der Waals surface area contributed by atoms with Gasteiger partial charge >= 0.3 is 0 Å². The van der Waals surface area contributed by atoms with Gasteiger partial charge in [-0.3, -0.25) is 0 Å². The number of para-hydroxylation sites is 2. The van der Waals surface area contributed by atoms with Crippen LogP contribution in [0.2, 0.25) is 0 Å². The van der Waals surface area contributed by atoms with Crippen molar-refractivity contribution >= 4 is 11.0 Å². The molecule has 0 radical (unpaired) electrons. The molecule has 1 atom stereocenters. The zero-order valence-electron chi connectivity index (χ0n) is 13.0. The fourth-order valence-corrected chi connectivity index (χ4v) is 3.40. The summed E-state index contributed by atoms with van der Waals surface area (Å²) in [7, 11) is 0. The highest BCUT2D eigenvalue weighted by Crippen LogP contribution is 2.35. The van der Waals surface area contributed by atoms with E-state index >= 15 is 0 Å². The summed E-state index contributed by atoms with van der Waals surface area (Å²) in [6.45, 7) is 4.35. The third kappa shape index (κ3) is 1.96. The first kappa shape index (κ1) is 13.5. The van der Waals surface area contributed by atoms with Gasteiger partial charge in [0.1, 0.15) is 0 Å². The fourth-order valence-electron chi connectivity index (χ4n) is 3.40. The van der Waals surface area contributed by atoms with Crippen LogP contribution in [0.25, 0.3) is 17.0 Å². The Kier molecular flexibility index (Phi) is 3.04. The van der Waals surface area contributed by atoms with E-state index in [1.54, 1.807) is 0 Å². The van der Waals surface area contributed by atoms with Crippen LogP contribution in [0.15, 0.2) is 24.3 Å². The van der Waals surface area contributed by atoms with Crippen LogP contribution < -0.4 is 5.73 Å². The highest BCUT2D eigenvalue weighted by atomic mass is 15.4. The summed E-state index contributed by atoms with van der Waals surface area (Å²) >= 11 is 0. The molecule has 22 heavy (non-hydrogen) atoms. The van der Waals surface area contributed by atoms with E-state index in [2.05, 4.69) is 18.8 Å². The van der Waals surface area contributed by atoms with Crippen LogP contribution >= 0.6 is 0 Å². The first-order valence-electron chi connectivity index (χ1n) is 7.97. The van der Waals surface area contributed by atoms with E-state index in [1.165, 1.54) is 11.3 Å². The monoisotopic (exact) mass is 295 g/mol. The van der Waals surface area contributed by atoms with Crippen LogP contribution in [0.3, 0.4) is 0 Å². The van der Waals surface area contributed by atoms with Crippen LogP contribution in [0, 0.1) is 0 Å². The van der Waals surface area contributed by atoms with Crippen molar-refractivity contribution in [3.8, 4) is 5.95 Å². The van der Waals surface area contributed by atoms with E-state index in [9.17, 15) is 0 Å². The minimum atomic E-state index is 0.0966. The molecule has 0 bridgehead atoms. The van der Waals surface area contributed by atoms with Crippen LogP contribution in [-0.4, -0.2) is 19.7 Å². The molecule has 5 heteroatoms. The van der Waals surface area contributed by atoms with Gasteiger partial charge in [-0.15, -0.1) is 0 Å². The Balaban J connectivity index is 1.93. The number of imidazole rings is 1. The van der Waals surface area contributed by atoms with Gasteiger partial charge in [-0.2, -0.15) is 5.10 Å². The van der Waals surface area contributed by atoms with Crippen LogP contribution in [0.1, 0.15) is 55.6 Å². The maximum Gasteiger partial charge on any atom is 0.229 e. The molecule has 0 saturated heterocycles. The predicted molar refractivity (Wildman–Crippen MR) is 87.2 cm³/mol. The van der Waals surface area contributed by atoms with Gasteiger partial charge in [-0.05, 0) is 37.3 Å². The van der Waals surface area contributed by atoms with Gasteiger partial charge in [0.05, 0.1) is 22.4 Å². The molecule has 114 valence electrons. The molecule has 2 aromatic heterocycles. The summed E-state index contributed by atoms with van der Waals surface area (Å²) in [5.41, 5.74) is 11.9. The van der Waals surface area contributed by atoms with Crippen molar-refractivity contribution in [2.45, 2.75) is 45.1 Å². The number of nitrogens with one attached hydrogen (secondary N) is 1. The van der Waals surface area contributed by atoms with Crippen LogP contribution in [0.4, 0.5) is 0 Å². The van der Waals surface area contributed by atoms with Crippen molar-refractivity contribution in [1.82, 2.24) is 19.7 Å². The van der Waals surface area contributed by atoms with Gasteiger partial charge in [-0.1, -0.05) is 26.0 Å². The molecule has 1 aliphatic rings. The fraction of sp³-hybridized carbons (Fsp3) is 0.412. The van der Waals surface area contributed by atoms with Crippen LogP contribution in [0.5, 0.6) is 0 Å². The van der Waals surface area contributed by atoms with E-state index in [0.29, 0.717) is 5.92 Å². The highest BCUT2D eigenvalue weighted by molar-refractivity contribution is 5.76. The Morgan fingerprint density at radius 3 is 2.91 bits per heavy atom. The van der Waals surface area contributed by atoms with Crippen molar-refractivity contribution in [1.29, 1.82) is 0 Å². The van der Waals surface area contributed by atoms with Gasteiger partial charge in [0.25, 0.3) is 0 Å². The number of fused-ring (bicyclic) bond motifs is 2. The summed E-state index contributed by atoms with van der Waals surface area (Å²) in [5, 5.41) is 4.85. The molecule has 2 heterocycles. The van der Waals surface area contributed by atoms with Crippen molar-refractivity contribution < 1.29 is 0 Å². The molecule has 0 aliphatic heterocycles. The molecule has 1 aromatic carbocycles. The molecule has 3 N–H and O–H groups in total. The Morgan fingerprint density at radius 1 is 1.32 bits per heavy atom. The number of nitrogens with zero attached hydrogens (tertiary/aromatic N) is 3. The second kappa shape index (κ2) is 4.95. The molecule has 0 saturated carbocycles. The first-order chi connectivity index (χ1) is 10.6. The summed E-state index contributed by atoms with van der Waals surface area (Å²) in [6.07, 6.45) is 3.16. The van der Waals surface area contributed by atoms with Crippen molar-refractivity contribution in [3.63, 3.8) is 0 Å². The second-order valence-corrected chi connectivity index (χ2v) is 6.39. The number of rotatable bonds is 2. The number of aromatic amines is 1. The molecule has 5 nitrogen and oxygen atoms in total. The van der Waals surface area contributed by atoms with Gasteiger partial charge in [0.15, 0.2) is 0 Å². The van der Waals surface area contributed by atoms with E-state index < -0.39 is 0 Å². The third-order valence-corrected chi connectivity index (χ3v) is 4.47. The van der Waals surface area contributed by atoms with E-state index in [1.807, 2.05) is 28.9 Å². The summed E-state index contributed by atoms with van der Waals surface area (Å²) in [6, 6.07) is 8.16. The maximum absolute atomic E-state index is 6.37. The molecule has 3 aromatic rings. The molecular weight excluding hydrogens is 274 g/mol. The van der Waals surface area contributed by atoms with Gasteiger partial charge in [-0.25, -0.2) is 9.67 Å². The number of H-pyrrole nitrogens is 1. The summed E-state index contributed by atoms with van der Waals surface area (Å²) in [4.78, 5) is 8.07. The lowest BCUT2D eigenvalue weighted by Gasteiger charge is -2.20. The van der Waals surface area contributed by atoms with Crippen molar-refractivity contribution in [2.24, 2.45) is 5.73 Å². The quantitative estimate of drug-likeness (QED) is 0.762. The largest absolute Gasteiger partial charge is 0.324 e. The minimum Gasteiger partial charge on any atom is -0.324 e. The normalized spacial score (nSPS) is 18.1. The maximum atomic E-state index is 6.37. The lowest BCUT2D eigenvalue weighted by atomic mass is 9.89. The first-order valence-corrected chi connectivity index (χ1v) is 7.97. The molecule has 0 fully saturated rings. The number of hydrogen-bond donors (Lipinski definition) is 2. The number of hydrogen-bond acceptors (Lipinski definition) is 3. The predicted octanol–water partition coefficient (Wildman–Crippen LogP) is 3.21. The van der Waals surface area contributed by atoms with E-state index in [-0.39, 0.29) is 6.04 Å². The van der Waals surface area contributed by atoms with Crippen molar-refractivity contribution in [3.05, 3.63) is 41.2 Å². The van der Waals surface area contributed by atoms with Gasteiger partial charge in [0, 0.05) is 11.6 Å². The smallest absolute Gasteiger partial charge is 0.229 e. The average molecular weight is 295 g/mol. The number of nitrogens with two attached hydrogens (primary N) is 1. The highest BCUT2D eigenvalue weighted by Gasteiger charge is 2.28. The lowest BCUT2D eigenvalue weighted by Crippen LogP contribution is -2.19. The Hall–Kier alpha value is -2.14. The molecular formula is C17H21N5. The van der Waals surface area contributed by atoms with Gasteiger partial charge < -0.3 is 10.7 Å². The third-order valence-electron chi connectivity index (χ3n) is 4.47. The van der Waals surface area contributed by atoms with Gasteiger partial charge in [0.2, 0.25) is 5.95 Å². The molecule has 1 unspecified atom stereocenters. The summed E-state index contributed by atoms with van der Waals surface area (Å²) < 4.78 is 1.98. The topological polar surface area (TPSA) is 72.5 Å². The molecule has 1 aliphatic carbocycles. The Labute approximate surface area is 129 Å².